The summed E-state index contributed by atoms with van der Waals surface area (Å²) in [6.07, 6.45) is -4.74. The van der Waals surface area contributed by atoms with Gasteiger partial charge in [-0.1, -0.05) is 11.6 Å². The Balaban J connectivity index is 2.42. The molecule has 0 aromatic heterocycles. The molecule has 0 aliphatic carbocycles. The number of alkyl halides is 3. The molecule has 0 atom stereocenters. The summed E-state index contributed by atoms with van der Waals surface area (Å²) >= 11 is 8.75. The van der Waals surface area contributed by atoms with Crippen LogP contribution in [0.2, 0.25) is 5.02 Å². The first kappa shape index (κ1) is 17.6. The molecular formula is C14H7BrClF4NO2. The number of hydrogen-bond acceptors (Lipinski definition) is 2. The van der Waals surface area contributed by atoms with Gasteiger partial charge >= 0.3 is 6.18 Å². The van der Waals surface area contributed by atoms with Crippen LogP contribution in [0.5, 0.6) is 11.5 Å². The number of halogens is 6. The highest BCUT2D eigenvalue weighted by molar-refractivity contribution is 9.10. The van der Waals surface area contributed by atoms with E-state index in [-0.39, 0.29) is 17.4 Å². The van der Waals surface area contributed by atoms with Crippen molar-refractivity contribution in [2.75, 3.05) is 0 Å². The number of rotatable bonds is 3. The zero-order chi connectivity index (χ0) is 17.4. The number of hydrogen-bond donors (Lipinski definition) is 1. The first-order valence-corrected chi connectivity index (χ1v) is 7.10. The zero-order valence-corrected chi connectivity index (χ0v) is 13.4. The first-order valence-electron chi connectivity index (χ1n) is 5.93. The maximum Gasteiger partial charge on any atom is 0.416 e. The van der Waals surface area contributed by atoms with E-state index in [1.54, 1.807) is 0 Å². The lowest BCUT2D eigenvalue weighted by Crippen LogP contribution is -2.11. The predicted octanol–water partition coefficient (Wildman–Crippen LogP) is 5.15. The lowest BCUT2D eigenvalue weighted by atomic mass is 10.2. The molecule has 122 valence electrons. The second-order valence-corrected chi connectivity index (χ2v) is 5.64. The highest BCUT2D eigenvalue weighted by Gasteiger charge is 2.32. The normalized spacial score (nSPS) is 11.4. The van der Waals surface area contributed by atoms with Crippen molar-refractivity contribution in [2.24, 2.45) is 5.73 Å². The molecule has 0 fully saturated rings. The van der Waals surface area contributed by atoms with Gasteiger partial charge in [0.15, 0.2) is 11.6 Å². The smallest absolute Gasteiger partial charge is 0.416 e. The molecule has 2 aromatic carbocycles. The highest BCUT2D eigenvalue weighted by atomic mass is 79.9. The van der Waals surface area contributed by atoms with Crippen LogP contribution in [-0.2, 0) is 6.18 Å². The van der Waals surface area contributed by atoms with E-state index in [1.807, 2.05) is 0 Å². The van der Waals surface area contributed by atoms with Gasteiger partial charge in [-0.3, -0.25) is 4.79 Å². The fraction of sp³-hybridized carbons (Fsp3) is 0.0714. The van der Waals surface area contributed by atoms with Crippen molar-refractivity contribution in [3.8, 4) is 11.5 Å². The zero-order valence-electron chi connectivity index (χ0n) is 11.0. The monoisotopic (exact) mass is 411 g/mol. The van der Waals surface area contributed by atoms with Crippen LogP contribution < -0.4 is 10.5 Å². The van der Waals surface area contributed by atoms with Crippen LogP contribution in [0, 0.1) is 5.82 Å². The van der Waals surface area contributed by atoms with Gasteiger partial charge in [0.2, 0.25) is 5.91 Å². The van der Waals surface area contributed by atoms with Crippen LogP contribution in [0.3, 0.4) is 0 Å². The Morgan fingerprint density at radius 1 is 1.22 bits per heavy atom. The molecule has 23 heavy (non-hydrogen) atoms. The summed E-state index contributed by atoms with van der Waals surface area (Å²) in [5, 5.41) is -0.555. The van der Waals surface area contributed by atoms with Gasteiger partial charge < -0.3 is 10.5 Å². The van der Waals surface area contributed by atoms with Crippen LogP contribution in [0.4, 0.5) is 17.6 Å². The summed E-state index contributed by atoms with van der Waals surface area (Å²) in [5.74, 6) is -2.64. The largest absolute Gasteiger partial charge is 0.453 e. The van der Waals surface area contributed by atoms with Crippen LogP contribution >= 0.6 is 27.5 Å². The molecule has 2 rings (SSSR count). The third kappa shape index (κ3) is 3.94. The van der Waals surface area contributed by atoms with Crippen molar-refractivity contribution in [3.63, 3.8) is 0 Å². The van der Waals surface area contributed by atoms with Crippen LogP contribution in [-0.4, -0.2) is 5.91 Å². The molecule has 0 saturated heterocycles. The number of nitrogens with two attached hydrogens (primary N) is 1. The number of ether oxygens (including phenoxy) is 1. The molecule has 2 N–H and O–H groups in total. The number of amides is 1. The maximum absolute atomic E-state index is 13.9. The van der Waals surface area contributed by atoms with E-state index in [9.17, 15) is 22.4 Å². The maximum atomic E-state index is 13.9. The number of carbonyl (C=O) groups excluding carboxylic acids is 1. The van der Waals surface area contributed by atoms with Gasteiger partial charge in [0.1, 0.15) is 5.75 Å². The molecule has 0 aliphatic heterocycles. The summed E-state index contributed by atoms with van der Waals surface area (Å²) in [6.45, 7) is 0. The minimum atomic E-state index is -4.74. The van der Waals surface area contributed by atoms with E-state index >= 15 is 0 Å². The van der Waals surface area contributed by atoms with Crippen molar-refractivity contribution in [1.29, 1.82) is 0 Å². The van der Waals surface area contributed by atoms with Crippen LogP contribution in [0.15, 0.2) is 34.8 Å². The van der Waals surface area contributed by atoms with Gasteiger partial charge in [-0.05, 0) is 46.3 Å². The van der Waals surface area contributed by atoms with Crippen LogP contribution in [0.1, 0.15) is 15.9 Å². The molecule has 2 aromatic rings. The Labute approximate surface area is 141 Å². The topological polar surface area (TPSA) is 52.3 Å². The lowest BCUT2D eigenvalue weighted by molar-refractivity contribution is -0.137. The molecule has 3 nitrogen and oxygen atoms in total. The fourth-order valence-electron chi connectivity index (χ4n) is 1.70. The molecule has 0 heterocycles. The summed E-state index contributed by atoms with van der Waals surface area (Å²) < 4.78 is 57.1. The second-order valence-electron chi connectivity index (χ2n) is 4.37. The van der Waals surface area contributed by atoms with Crippen LogP contribution in [0.25, 0.3) is 0 Å². The summed E-state index contributed by atoms with van der Waals surface area (Å²) in [5.41, 5.74) is 3.98. The van der Waals surface area contributed by atoms with Gasteiger partial charge in [0, 0.05) is 4.47 Å². The summed E-state index contributed by atoms with van der Waals surface area (Å²) in [6, 6.07) is 4.82. The quantitative estimate of drug-likeness (QED) is 0.709. The Kier molecular flexibility index (Phi) is 4.86. The van der Waals surface area contributed by atoms with E-state index in [0.29, 0.717) is 10.5 Å². The average Bonchev–Trinajstić information content (AvgIpc) is 2.43. The number of benzene rings is 2. The van der Waals surface area contributed by atoms with Crippen molar-refractivity contribution in [3.05, 3.63) is 56.8 Å². The van der Waals surface area contributed by atoms with E-state index in [1.165, 1.54) is 18.2 Å². The average molecular weight is 413 g/mol. The Bertz CT molecular complexity index is 757. The van der Waals surface area contributed by atoms with Gasteiger partial charge in [-0.25, -0.2) is 4.39 Å². The van der Waals surface area contributed by atoms with E-state index in [4.69, 9.17) is 22.1 Å². The molecule has 0 aliphatic rings. The van der Waals surface area contributed by atoms with Gasteiger partial charge in [-0.15, -0.1) is 0 Å². The van der Waals surface area contributed by atoms with Crippen molar-refractivity contribution >= 4 is 33.4 Å². The Morgan fingerprint density at radius 3 is 2.39 bits per heavy atom. The molecule has 9 heteroatoms. The van der Waals surface area contributed by atoms with Crippen molar-refractivity contribution in [2.45, 2.75) is 6.18 Å². The molecule has 0 bridgehead atoms. The van der Waals surface area contributed by atoms with Gasteiger partial charge in [0.05, 0.1) is 16.1 Å². The van der Waals surface area contributed by atoms with Gasteiger partial charge in [0.25, 0.3) is 0 Å². The highest BCUT2D eigenvalue weighted by Crippen LogP contribution is 2.39. The Hall–Kier alpha value is -1.80. The lowest BCUT2D eigenvalue weighted by Gasteiger charge is -2.13. The second kappa shape index (κ2) is 6.37. The third-order valence-corrected chi connectivity index (χ3v) is 3.72. The summed E-state index contributed by atoms with van der Waals surface area (Å²) in [4.78, 5) is 11.2. The molecule has 0 spiro atoms. The molecule has 1 amide bonds. The standard InChI is InChI=1S/C14H7BrClF4NO2/c15-9-2-1-7(5-8(9)13(21)22)23-12-10(16)3-6(4-11(12)17)14(18,19)20/h1-5H,(H2,21,22). The van der Waals surface area contributed by atoms with E-state index in [0.717, 1.165) is 0 Å². The van der Waals surface area contributed by atoms with Crippen molar-refractivity contribution < 1.29 is 27.1 Å². The molecule has 0 unspecified atom stereocenters. The molecule has 0 radical (unpaired) electrons. The third-order valence-electron chi connectivity index (χ3n) is 2.75. The number of carbonyl (C=O) groups is 1. The fourth-order valence-corrected chi connectivity index (χ4v) is 2.38. The summed E-state index contributed by atoms with van der Waals surface area (Å²) in [7, 11) is 0. The first-order chi connectivity index (χ1) is 10.6. The molecule has 0 saturated carbocycles. The van der Waals surface area contributed by atoms with E-state index in [2.05, 4.69) is 15.9 Å². The van der Waals surface area contributed by atoms with Gasteiger partial charge in [-0.2, -0.15) is 13.2 Å². The van der Waals surface area contributed by atoms with E-state index < -0.39 is 34.2 Å². The SMILES string of the molecule is NC(=O)c1cc(Oc2c(F)cc(C(F)(F)F)cc2Cl)ccc1Br. The Morgan fingerprint density at radius 2 is 1.87 bits per heavy atom. The predicted molar refractivity (Wildman–Crippen MR) is 79.1 cm³/mol. The minimum Gasteiger partial charge on any atom is -0.453 e. The van der Waals surface area contributed by atoms with Crippen molar-refractivity contribution in [1.82, 2.24) is 0 Å². The minimum absolute atomic E-state index is 0.0115. The molecular weight excluding hydrogens is 406 g/mol. The number of primary amides is 1.